The Labute approximate surface area is 135 Å². The van der Waals surface area contributed by atoms with E-state index >= 15 is 0 Å². The van der Waals surface area contributed by atoms with Crippen LogP contribution in [0, 0.1) is 10.1 Å². The lowest BCUT2D eigenvalue weighted by atomic mass is 10.1. The van der Waals surface area contributed by atoms with E-state index in [1.807, 2.05) is 0 Å². The van der Waals surface area contributed by atoms with Crippen molar-refractivity contribution in [3.05, 3.63) is 69.4 Å². The highest BCUT2D eigenvalue weighted by molar-refractivity contribution is 6.13. The van der Waals surface area contributed by atoms with Crippen LogP contribution in [0.25, 0.3) is 6.08 Å². The van der Waals surface area contributed by atoms with Crippen molar-refractivity contribution in [2.24, 2.45) is 4.99 Å². The van der Waals surface area contributed by atoms with Gasteiger partial charge in [0.15, 0.2) is 5.70 Å². The van der Waals surface area contributed by atoms with Crippen molar-refractivity contribution in [3.8, 4) is 11.5 Å². The van der Waals surface area contributed by atoms with Crippen LogP contribution in [0.1, 0.15) is 11.1 Å². The van der Waals surface area contributed by atoms with Gasteiger partial charge in [0.25, 0.3) is 5.69 Å². The monoisotopic (exact) mass is 326 g/mol. The predicted molar refractivity (Wildman–Crippen MR) is 83.5 cm³/mol. The van der Waals surface area contributed by atoms with Gasteiger partial charge >= 0.3 is 5.97 Å². The minimum atomic E-state index is -0.712. The number of phenols is 2. The Kier molecular flexibility index (Phi) is 3.70. The molecule has 8 heteroatoms. The zero-order valence-electron chi connectivity index (χ0n) is 12.0. The van der Waals surface area contributed by atoms with Gasteiger partial charge < -0.3 is 14.9 Å². The lowest BCUT2D eigenvalue weighted by Crippen LogP contribution is -2.05. The van der Waals surface area contributed by atoms with Crippen LogP contribution in [0.5, 0.6) is 11.5 Å². The molecular formula is C16H10N2O6. The number of carbonyl (C=O) groups excluding carboxylic acids is 1. The molecule has 0 saturated carbocycles. The van der Waals surface area contributed by atoms with Gasteiger partial charge in [-0.05, 0) is 30.3 Å². The summed E-state index contributed by atoms with van der Waals surface area (Å²) in [4.78, 5) is 26.0. The average molecular weight is 326 g/mol. The third kappa shape index (κ3) is 2.93. The molecule has 0 unspecified atom stereocenters. The summed E-state index contributed by atoms with van der Waals surface area (Å²) < 4.78 is 5.04. The Hall–Kier alpha value is -3.68. The smallest absolute Gasteiger partial charge is 0.363 e. The van der Waals surface area contributed by atoms with E-state index in [1.165, 1.54) is 42.5 Å². The number of non-ortho nitro benzene ring substituents is 1. The van der Waals surface area contributed by atoms with Crippen LogP contribution in [0.4, 0.5) is 5.69 Å². The van der Waals surface area contributed by atoms with Gasteiger partial charge in [-0.2, -0.15) is 0 Å². The lowest BCUT2D eigenvalue weighted by Gasteiger charge is -1.99. The Morgan fingerprint density at radius 2 is 1.83 bits per heavy atom. The third-order valence-electron chi connectivity index (χ3n) is 3.25. The van der Waals surface area contributed by atoms with Crippen molar-refractivity contribution >= 4 is 23.6 Å². The van der Waals surface area contributed by atoms with Gasteiger partial charge in [0.2, 0.25) is 5.90 Å². The summed E-state index contributed by atoms with van der Waals surface area (Å²) in [6.45, 7) is 0. The van der Waals surface area contributed by atoms with E-state index in [-0.39, 0.29) is 34.3 Å². The summed E-state index contributed by atoms with van der Waals surface area (Å²) in [5, 5.41) is 29.6. The number of nitro benzene ring substituents is 1. The summed E-state index contributed by atoms with van der Waals surface area (Å²) in [7, 11) is 0. The molecule has 1 heterocycles. The summed E-state index contributed by atoms with van der Waals surface area (Å²) in [6, 6.07) is 9.31. The zero-order chi connectivity index (χ0) is 17.3. The topological polar surface area (TPSA) is 122 Å². The van der Waals surface area contributed by atoms with Crippen LogP contribution >= 0.6 is 0 Å². The van der Waals surface area contributed by atoms with Crippen LogP contribution in [0.3, 0.4) is 0 Å². The number of esters is 1. The number of nitro groups is 1. The molecule has 0 amide bonds. The highest BCUT2D eigenvalue weighted by Gasteiger charge is 2.24. The zero-order valence-corrected chi connectivity index (χ0v) is 12.0. The van der Waals surface area contributed by atoms with Gasteiger partial charge in [-0.25, -0.2) is 9.79 Å². The second-order valence-corrected chi connectivity index (χ2v) is 4.88. The first kappa shape index (κ1) is 15.2. The summed E-state index contributed by atoms with van der Waals surface area (Å²) in [5.74, 6) is -1.02. The average Bonchev–Trinajstić information content (AvgIpc) is 2.91. The number of hydrogen-bond acceptors (Lipinski definition) is 7. The molecule has 1 aliphatic rings. The number of phenolic OH excluding ortho intramolecular Hbond substituents is 2. The van der Waals surface area contributed by atoms with Crippen LogP contribution in [0.15, 0.2) is 53.2 Å². The molecule has 0 spiro atoms. The number of aliphatic imine (C=N–C) groups is 1. The minimum Gasteiger partial charge on any atom is -0.508 e. The van der Waals surface area contributed by atoms with Crippen LogP contribution in [-0.2, 0) is 9.53 Å². The van der Waals surface area contributed by atoms with E-state index in [0.29, 0.717) is 5.56 Å². The Balaban J connectivity index is 1.92. The minimum absolute atomic E-state index is 0.0133. The van der Waals surface area contributed by atoms with Crippen molar-refractivity contribution in [3.63, 3.8) is 0 Å². The number of cyclic esters (lactones) is 1. The van der Waals surface area contributed by atoms with Crippen molar-refractivity contribution < 1.29 is 24.7 Å². The molecule has 24 heavy (non-hydrogen) atoms. The van der Waals surface area contributed by atoms with Crippen molar-refractivity contribution in [1.29, 1.82) is 0 Å². The first-order valence-electron chi connectivity index (χ1n) is 6.73. The maximum absolute atomic E-state index is 11.9. The van der Waals surface area contributed by atoms with E-state index < -0.39 is 10.9 Å². The molecule has 2 aromatic rings. The summed E-state index contributed by atoms with van der Waals surface area (Å²) in [6.07, 6.45) is 1.31. The first-order chi connectivity index (χ1) is 11.4. The molecule has 8 nitrogen and oxygen atoms in total. The van der Waals surface area contributed by atoms with Gasteiger partial charge in [-0.3, -0.25) is 10.1 Å². The van der Waals surface area contributed by atoms with E-state index in [2.05, 4.69) is 4.99 Å². The fraction of sp³-hybridized carbons (Fsp3) is 0. The lowest BCUT2D eigenvalue weighted by molar-refractivity contribution is -0.384. The van der Waals surface area contributed by atoms with Crippen molar-refractivity contribution in [1.82, 2.24) is 0 Å². The Bertz CT molecular complexity index is 899. The van der Waals surface area contributed by atoms with E-state index in [9.17, 15) is 25.1 Å². The maximum Gasteiger partial charge on any atom is 0.363 e. The van der Waals surface area contributed by atoms with Crippen LogP contribution in [0.2, 0.25) is 0 Å². The normalized spacial score (nSPS) is 15.2. The largest absolute Gasteiger partial charge is 0.508 e. The number of carbonyl (C=O) groups is 1. The van der Waals surface area contributed by atoms with Gasteiger partial charge in [0.1, 0.15) is 11.5 Å². The standard InChI is InChI=1S/C16H10N2O6/c19-12-6-3-10(14(20)8-12)7-13-16(21)24-15(17-13)9-1-4-11(5-2-9)18(22)23/h1-8,19-20H/b13-7+. The second kappa shape index (κ2) is 5.84. The fourth-order valence-corrected chi connectivity index (χ4v) is 2.06. The maximum atomic E-state index is 11.9. The highest BCUT2D eigenvalue weighted by Crippen LogP contribution is 2.27. The van der Waals surface area contributed by atoms with Gasteiger partial charge in [0, 0.05) is 29.3 Å². The third-order valence-corrected chi connectivity index (χ3v) is 3.25. The second-order valence-electron chi connectivity index (χ2n) is 4.88. The molecule has 1 aliphatic heterocycles. The molecule has 0 atom stereocenters. The molecule has 3 rings (SSSR count). The molecule has 2 N–H and O–H groups in total. The molecule has 0 aromatic heterocycles. The Morgan fingerprint density at radius 1 is 1.12 bits per heavy atom. The number of hydrogen-bond donors (Lipinski definition) is 2. The van der Waals surface area contributed by atoms with Gasteiger partial charge in [0.05, 0.1) is 4.92 Å². The molecule has 0 saturated heterocycles. The van der Waals surface area contributed by atoms with E-state index in [1.54, 1.807) is 0 Å². The van der Waals surface area contributed by atoms with Gasteiger partial charge in [-0.1, -0.05) is 0 Å². The number of ether oxygens (including phenoxy) is 1. The summed E-state index contributed by atoms with van der Waals surface area (Å²) >= 11 is 0. The van der Waals surface area contributed by atoms with Crippen LogP contribution in [-0.4, -0.2) is 27.0 Å². The number of benzene rings is 2. The molecule has 120 valence electrons. The number of aromatic hydroxyl groups is 2. The number of rotatable bonds is 3. The van der Waals surface area contributed by atoms with E-state index in [4.69, 9.17) is 4.74 Å². The van der Waals surface area contributed by atoms with Crippen molar-refractivity contribution in [2.45, 2.75) is 0 Å². The highest BCUT2D eigenvalue weighted by atomic mass is 16.6. The molecule has 0 bridgehead atoms. The molecular weight excluding hydrogens is 316 g/mol. The van der Waals surface area contributed by atoms with E-state index in [0.717, 1.165) is 6.07 Å². The van der Waals surface area contributed by atoms with Crippen LogP contribution < -0.4 is 0 Å². The molecule has 0 fully saturated rings. The molecule has 2 aromatic carbocycles. The quantitative estimate of drug-likeness (QED) is 0.386. The summed E-state index contributed by atoms with van der Waals surface area (Å²) in [5.41, 5.74) is 0.568. The predicted octanol–water partition coefficient (Wildman–Crippen LogP) is 2.35. The fourth-order valence-electron chi connectivity index (χ4n) is 2.06. The van der Waals surface area contributed by atoms with Crippen molar-refractivity contribution in [2.75, 3.05) is 0 Å². The Morgan fingerprint density at radius 3 is 2.46 bits per heavy atom. The first-order valence-corrected chi connectivity index (χ1v) is 6.73. The number of nitrogens with zero attached hydrogens (tertiary/aromatic N) is 2. The van der Waals surface area contributed by atoms with Gasteiger partial charge in [-0.15, -0.1) is 0 Å². The molecule has 0 aliphatic carbocycles. The molecule has 0 radical (unpaired) electrons. The SMILES string of the molecule is O=C1OC(c2ccc([N+](=O)[O-])cc2)=N/C1=C/c1ccc(O)cc1O.